The number of aryl methyl sites for hydroxylation is 2. The summed E-state index contributed by atoms with van der Waals surface area (Å²) < 4.78 is 47.7. The number of ether oxygens (including phenoxy) is 1. The van der Waals surface area contributed by atoms with Crippen LogP contribution in [-0.4, -0.2) is 27.7 Å². The predicted molar refractivity (Wildman–Crippen MR) is 101 cm³/mol. The third-order valence-electron chi connectivity index (χ3n) is 3.79. The number of alkyl halides is 3. The van der Waals surface area contributed by atoms with E-state index in [2.05, 4.69) is 25.6 Å². The minimum Gasteiger partial charge on any atom is -0.465 e. The normalized spacial score (nSPS) is 11.3. The van der Waals surface area contributed by atoms with Crippen LogP contribution in [0, 0.1) is 6.92 Å². The van der Waals surface area contributed by atoms with Gasteiger partial charge in [0.1, 0.15) is 11.5 Å². The fourth-order valence-electron chi connectivity index (χ4n) is 2.45. The largest absolute Gasteiger partial charge is 0.465 e. The van der Waals surface area contributed by atoms with Crippen molar-refractivity contribution in [3.05, 3.63) is 53.5 Å². The first kappa shape index (κ1) is 20.4. The summed E-state index contributed by atoms with van der Waals surface area (Å²) >= 11 is 0. The van der Waals surface area contributed by atoms with Crippen molar-refractivity contribution in [1.82, 2.24) is 15.0 Å². The molecule has 2 heterocycles. The molecule has 0 bridgehead atoms. The second-order valence-corrected chi connectivity index (χ2v) is 6.21. The van der Waals surface area contributed by atoms with E-state index in [1.807, 2.05) is 32.0 Å². The van der Waals surface area contributed by atoms with Gasteiger partial charge in [-0.15, -0.1) is 0 Å². The van der Waals surface area contributed by atoms with Gasteiger partial charge in [0.25, 0.3) is 0 Å². The van der Waals surface area contributed by atoms with Crippen molar-refractivity contribution in [3.63, 3.8) is 0 Å². The fourth-order valence-corrected chi connectivity index (χ4v) is 2.45. The maximum Gasteiger partial charge on any atom is 0.422 e. The SMILES string of the molecule is CCc1cccc(Nc2nc(NCc3ccc(C)o3)nc(OCC(F)(F)F)n2)c1. The smallest absolute Gasteiger partial charge is 0.422 e. The van der Waals surface area contributed by atoms with Crippen LogP contribution in [0.4, 0.5) is 30.8 Å². The Kier molecular flexibility index (Phi) is 6.20. The first-order chi connectivity index (χ1) is 13.8. The van der Waals surface area contributed by atoms with Gasteiger partial charge in [0.15, 0.2) is 6.61 Å². The summed E-state index contributed by atoms with van der Waals surface area (Å²) in [5, 5.41) is 5.88. The molecule has 0 unspecified atom stereocenters. The quantitative estimate of drug-likeness (QED) is 0.563. The molecule has 3 rings (SSSR count). The average molecular weight is 407 g/mol. The number of nitrogens with zero attached hydrogens (tertiary/aromatic N) is 3. The van der Waals surface area contributed by atoms with Crippen molar-refractivity contribution in [2.24, 2.45) is 0 Å². The Balaban J connectivity index is 1.80. The highest BCUT2D eigenvalue weighted by molar-refractivity contribution is 5.55. The topological polar surface area (TPSA) is 85.1 Å². The molecule has 0 aliphatic rings. The van der Waals surface area contributed by atoms with Gasteiger partial charge in [0.05, 0.1) is 6.54 Å². The summed E-state index contributed by atoms with van der Waals surface area (Å²) in [4.78, 5) is 12.0. The Morgan fingerprint density at radius 2 is 1.86 bits per heavy atom. The zero-order valence-corrected chi connectivity index (χ0v) is 15.9. The van der Waals surface area contributed by atoms with E-state index in [0.717, 1.165) is 17.7 Å². The Bertz CT molecular complexity index is 959. The number of aromatic nitrogens is 3. The van der Waals surface area contributed by atoms with Gasteiger partial charge >= 0.3 is 12.2 Å². The molecule has 0 saturated carbocycles. The Morgan fingerprint density at radius 1 is 1.07 bits per heavy atom. The molecule has 1 aromatic carbocycles. The summed E-state index contributed by atoms with van der Waals surface area (Å²) in [5.41, 5.74) is 1.79. The molecule has 0 radical (unpaired) electrons. The molecule has 0 spiro atoms. The average Bonchev–Trinajstić information content (AvgIpc) is 3.09. The van der Waals surface area contributed by atoms with E-state index in [1.165, 1.54) is 0 Å². The van der Waals surface area contributed by atoms with Crippen LogP contribution in [0.15, 0.2) is 40.8 Å². The molecule has 0 aliphatic carbocycles. The van der Waals surface area contributed by atoms with Crippen molar-refractivity contribution in [2.45, 2.75) is 33.0 Å². The molecule has 0 amide bonds. The van der Waals surface area contributed by atoms with E-state index in [4.69, 9.17) is 9.15 Å². The lowest BCUT2D eigenvalue weighted by Crippen LogP contribution is -2.20. The van der Waals surface area contributed by atoms with Crippen LogP contribution < -0.4 is 15.4 Å². The number of rotatable bonds is 8. The Hall–Kier alpha value is -3.30. The van der Waals surface area contributed by atoms with Gasteiger partial charge in [-0.3, -0.25) is 0 Å². The zero-order chi connectivity index (χ0) is 20.9. The summed E-state index contributed by atoms with van der Waals surface area (Å²) in [6.07, 6.45) is -3.67. The molecule has 2 aromatic heterocycles. The van der Waals surface area contributed by atoms with E-state index in [1.54, 1.807) is 18.2 Å². The predicted octanol–water partition coefficient (Wildman–Crippen LogP) is 4.63. The molecular weight excluding hydrogens is 387 g/mol. The molecule has 10 heteroatoms. The maximum atomic E-state index is 12.5. The number of furan rings is 1. The van der Waals surface area contributed by atoms with Crippen molar-refractivity contribution in [2.75, 3.05) is 17.2 Å². The van der Waals surface area contributed by atoms with E-state index in [9.17, 15) is 13.2 Å². The molecular formula is C19H20F3N5O2. The minimum absolute atomic E-state index is 0.0559. The monoisotopic (exact) mass is 407 g/mol. The molecule has 0 saturated heterocycles. The van der Waals surface area contributed by atoms with Crippen LogP contribution in [0.1, 0.15) is 24.0 Å². The second-order valence-electron chi connectivity index (χ2n) is 6.21. The summed E-state index contributed by atoms with van der Waals surface area (Å²) in [5.74, 6) is 1.49. The summed E-state index contributed by atoms with van der Waals surface area (Å²) in [7, 11) is 0. The molecule has 0 fully saturated rings. The zero-order valence-electron chi connectivity index (χ0n) is 15.9. The Morgan fingerprint density at radius 3 is 2.55 bits per heavy atom. The van der Waals surface area contributed by atoms with E-state index in [0.29, 0.717) is 11.4 Å². The van der Waals surface area contributed by atoms with Gasteiger partial charge in [-0.1, -0.05) is 19.1 Å². The lowest BCUT2D eigenvalue weighted by Gasteiger charge is -2.12. The van der Waals surface area contributed by atoms with Gasteiger partial charge in [-0.25, -0.2) is 0 Å². The molecule has 29 heavy (non-hydrogen) atoms. The minimum atomic E-state index is -4.50. The summed E-state index contributed by atoms with van der Waals surface area (Å²) in [6, 6.07) is 10.7. The van der Waals surface area contributed by atoms with E-state index in [-0.39, 0.29) is 18.4 Å². The van der Waals surface area contributed by atoms with Gasteiger partial charge in [-0.2, -0.15) is 28.1 Å². The van der Waals surface area contributed by atoms with Crippen molar-refractivity contribution in [3.8, 4) is 6.01 Å². The van der Waals surface area contributed by atoms with Gasteiger partial charge < -0.3 is 19.8 Å². The highest BCUT2D eigenvalue weighted by atomic mass is 19.4. The number of benzene rings is 1. The van der Waals surface area contributed by atoms with E-state index >= 15 is 0 Å². The molecule has 3 aromatic rings. The first-order valence-corrected chi connectivity index (χ1v) is 8.91. The third kappa shape index (κ3) is 6.37. The molecule has 154 valence electrons. The number of hydrogen-bond acceptors (Lipinski definition) is 7. The summed E-state index contributed by atoms with van der Waals surface area (Å²) in [6.45, 7) is 2.57. The number of anilines is 3. The molecule has 0 atom stereocenters. The highest BCUT2D eigenvalue weighted by Crippen LogP contribution is 2.21. The number of halogens is 3. The molecule has 2 N–H and O–H groups in total. The highest BCUT2D eigenvalue weighted by Gasteiger charge is 2.29. The van der Waals surface area contributed by atoms with Crippen LogP contribution in [0.2, 0.25) is 0 Å². The van der Waals surface area contributed by atoms with Gasteiger partial charge in [0.2, 0.25) is 11.9 Å². The molecule has 7 nitrogen and oxygen atoms in total. The van der Waals surface area contributed by atoms with Gasteiger partial charge in [-0.05, 0) is 43.2 Å². The van der Waals surface area contributed by atoms with Gasteiger partial charge in [0, 0.05) is 5.69 Å². The van der Waals surface area contributed by atoms with Crippen LogP contribution in [-0.2, 0) is 13.0 Å². The maximum absolute atomic E-state index is 12.5. The van der Waals surface area contributed by atoms with Crippen LogP contribution in [0.25, 0.3) is 0 Å². The Labute approximate surface area is 165 Å². The van der Waals surface area contributed by atoms with Crippen molar-refractivity contribution in [1.29, 1.82) is 0 Å². The van der Waals surface area contributed by atoms with Crippen LogP contribution >= 0.6 is 0 Å². The van der Waals surface area contributed by atoms with Crippen molar-refractivity contribution < 1.29 is 22.3 Å². The number of hydrogen-bond donors (Lipinski definition) is 2. The van der Waals surface area contributed by atoms with Crippen LogP contribution in [0.5, 0.6) is 6.01 Å². The third-order valence-corrected chi connectivity index (χ3v) is 3.79. The standard InChI is InChI=1S/C19H20F3N5O2/c1-3-13-5-4-6-14(9-13)24-17-25-16(23-10-15-8-7-12(2)29-15)26-18(27-17)28-11-19(20,21)22/h4-9H,3,10-11H2,1-2H3,(H2,23,24,25,26,27). The fraction of sp³-hybridized carbons (Fsp3) is 0.316. The lowest BCUT2D eigenvalue weighted by atomic mass is 10.1. The molecule has 0 aliphatic heterocycles. The van der Waals surface area contributed by atoms with Crippen LogP contribution in [0.3, 0.4) is 0 Å². The van der Waals surface area contributed by atoms with E-state index < -0.39 is 18.8 Å². The second kappa shape index (κ2) is 8.80. The first-order valence-electron chi connectivity index (χ1n) is 8.91. The number of nitrogens with one attached hydrogen (secondary N) is 2. The lowest BCUT2D eigenvalue weighted by molar-refractivity contribution is -0.154. The van der Waals surface area contributed by atoms with Crippen molar-refractivity contribution >= 4 is 17.6 Å².